The van der Waals surface area contributed by atoms with Crippen LogP contribution in [0.25, 0.3) is 0 Å². The molecule has 0 saturated heterocycles. The molecule has 0 heterocycles. The van der Waals surface area contributed by atoms with Gasteiger partial charge in [-0.25, -0.2) is 8.42 Å². The van der Waals surface area contributed by atoms with Gasteiger partial charge in [-0.2, -0.15) is 0 Å². The Kier molecular flexibility index (Phi) is 11.3. The third-order valence-electron chi connectivity index (χ3n) is 7.33. The van der Waals surface area contributed by atoms with Crippen LogP contribution in [0.1, 0.15) is 36.1 Å². The molecule has 4 rings (SSSR count). The van der Waals surface area contributed by atoms with E-state index in [4.69, 9.17) is 23.2 Å². The standard InChI is InChI=1S/C35H37Cl2N3O4S/c1-24(2)38-35(42)33(20-27-10-6-5-7-11-27)39(22-28-12-8-9-13-31(28)36)34(41)23-40(29-17-16-26(4)32(37)21-29)45(43,44)30-18-14-25(3)15-19-30/h5-19,21,24,33H,20,22-23H2,1-4H3,(H,38,42)/t33-/m0/s1. The van der Waals surface area contributed by atoms with Crippen LogP contribution in [0.3, 0.4) is 0 Å². The highest BCUT2D eigenvalue weighted by Gasteiger charge is 2.35. The summed E-state index contributed by atoms with van der Waals surface area (Å²) in [5.74, 6) is -0.942. The third kappa shape index (κ3) is 8.66. The third-order valence-corrected chi connectivity index (χ3v) is 9.90. The second-order valence-corrected chi connectivity index (χ2v) is 13.9. The number of aryl methyl sites for hydroxylation is 2. The molecule has 1 atom stereocenters. The van der Waals surface area contributed by atoms with Crippen LogP contribution in [0, 0.1) is 13.8 Å². The first-order valence-corrected chi connectivity index (χ1v) is 16.8. The van der Waals surface area contributed by atoms with Crippen LogP contribution in [-0.2, 0) is 32.6 Å². The topological polar surface area (TPSA) is 86.8 Å². The Morgan fingerprint density at radius 3 is 2.09 bits per heavy atom. The fourth-order valence-corrected chi connectivity index (χ4v) is 6.62. The predicted molar refractivity (Wildman–Crippen MR) is 181 cm³/mol. The van der Waals surface area contributed by atoms with Crippen LogP contribution in [0.15, 0.2) is 102 Å². The zero-order valence-electron chi connectivity index (χ0n) is 25.7. The van der Waals surface area contributed by atoms with Crippen molar-refractivity contribution in [2.45, 2.75) is 57.6 Å². The molecule has 0 aliphatic rings. The highest BCUT2D eigenvalue weighted by molar-refractivity contribution is 7.92. The Bertz CT molecular complexity index is 1750. The average molecular weight is 667 g/mol. The molecule has 7 nitrogen and oxygen atoms in total. The van der Waals surface area contributed by atoms with Crippen molar-refractivity contribution >= 4 is 50.7 Å². The molecule has 0 aliphatic heterocycles. The van der Waals surface area contributed by atoms with Crippen molar-refractivity contribution in [3.63, 3.8) is 0 Å². The lowest BCUT2D eigenvalue weighted by Gasteiger charge is -2.34. The van der Waals surface area contributed by atoms with Gasteiger partial charge in [-0.15, -0.1) is 0 Å². The summed E-state index contributed by atoms with van der Waals surface area (Å²) in [5, 5.41) is 3.72. The molecule has 236 valence electrons. The predicted octanol–water partition coefficient (Wildman–Crippen LogP) is 6.97. The summed E-state index contributed by atoms with van der Waals surface area (Å²) in [4.78, 5) is 29.7. The molecule has 1 N–H and O–H groups in total. The van der Waals surface area contributed by atoms with Crippen molar-refractivity contribution in [2.24, 2.45) is 0 Å². The van der Waals surface area contributed by atoms with Gasteiger partial charge in [-0.05, 0) is 74.7 Å². The normalized spacial score (nSPS) is 12.1. The van der Waals surface area contributed by atoms with Gasteiger partial charge < -0.3 is 10.2 Å². The molecule has 0 spiro atoms. The first-order valence-electron chi connectivity index (χ1n) is 14.6. The van der Waals surface area contributed by atoms with E-state index in [9.17, 15) is 18.0 Å². The molecular formula is C35H37Cl2N3O4S. The summed E-state index contributed by atoms with van der Waals surface area (Å²) in [7, 11) is -4.23. The second-order valence-electron chi connectivity index (χ2n) is 11.2. The summed E-state index contributed by atoms with van der Waals surface area (Å²) < 4.78 is 29.4. The molecule has 2 amide bonds. The number of rotatable bonds is 12. The fraction of sp³-hybridized carbons (Fsp3) is 0.257. The molecule has 0 radical (unpaired) electrons. The highest BCUT2D eigenvalue weighted by atomic mass is 35.5. The van der Waals surface area contributed by atoms with E-state index in [0.717, 1.165) is 21.0 Å². The van der Waals surface area contributed by atoms with Gasteiger partial charge in [0.15, 0.2) is 0 Å². The lowest BCUT2D eigenvalue weighted by atomic mass is 10.0. The van der Waals surface area contributed by atoms with E-state index >= 15 is 0 Å². The Labute approximate surface area is 275 Å². The van der Waals surface area contributed by atoms with Crippen molar-refractivity contribution in [3.8, 4) is 0 Å². The maximum atomic E-state index is 14.5. The minimum Gasteiger partial charge on any atom is -0.352 e. The highest BCUT2D eigenvalue weighted by Crippen LogP contribution is 2.29. The monoisotopic (exact) mass is 665 g/mol. The molecule has 0 unspecified atom stereocenters. The smallest absolute Gasteiger partial charge is 0.264 e. The molecule has 0 aliphatic carbocycles. The van der Waals surface area contributed by atoms with Crippen molar-refractivity contribution in [1.82, 2.24) is 10.2 Å². The van der Waals surface area contributed by atoms with Crippen LogP contribution in [-0.4, -0.2) is 43.8 Å². The number of halogens is 2. The largest absolute Gasteiger partial charge is 0.352 e. The SMILES string of the molecule is Cc1ccc(S(=O)(=O)N(CC(=O)N(Cc2ccccc2Cl)[C@@H](Cc2ccccc2)C(=O)NC(C)C)c2ccc(C)c(Cl)c2)cc1. The minimum atomic E-state index is -4.23. The number of nitrogens with one attached hydrogen (secondary N) is 1. The van der Waals surface area contributed by atoms with E-state index in [1.165, 1.54) is 23.1 Å². The second kappa shape index (κ2) is 15.0. The lowest BCUT2D eigenvalue weighted by Crippen LogP contribution is -2.54. The van der Waals surface area contributed by atoms with Crippen LogP contribution < -0.4 is 9.62 Å². The molecule has 45 heavy (non-hydrogen) atoms. The van der Waals surface area contributed by atoms with Crippen molar-refractivity contribution in [3.05, 3.63) is 129 Å². The summed E-state index contributed by atoms with van der Waals surface area (Å²) in [6, 6.07) is 26.5. The number of sulfonamides is 1. The Morgan fingerprint density at radius 2 is 1.47 bits per heavy atom. The molecule has 0 bridgehead atoms. The molecule has 10 heteroatoms. The maximum absolute atomic E-state index is 14.5. The van der Waals surface area contributed by atoms with Gasteiger partial charge in [0.1, 0.15) is 12.6 Å². The molecule has 0 fully saturated rings. The van der Waals surface area contributed by atoms with E-state index in [1.54, 1.807) is 48.5 Å². The average Bonchev–Trinajstić information content (AvgIpc) is 3.00. The number of hydrogen-bond donors (Lipinski definition) is 1. The van der Waals surface area contributed by atoms with Crippen LogP contribution in [0.2, 0.25) is 10.0 Å². The summed E-state index contributed by atoms with van der Waals surface area (Å²) in [6.07, 6.45) is 0.205. The molecular weight excluding hydrogens is 629 g/mol. The van der Waals surface area contributed by atoms with E-state index in [0.29, 0.717) is 15.6 Å². The molecule has 4 aromatic rings. The lowest BCUT2D eigenvalue weighted by molar-refractivity contribution is -0.140. The van der Waals surface area contributed by atoms with Gasteiger partial charge in [0, 0.05) is 29.1 Å². The number of amides is 2. The summed E-state index contributed by atoms with van der Waals surface area (Å²) in [5.41, 5.74) is 3.33. The number of carbonyl (C=O) groups is 2. The number of hydrogen-bond acceptors (Lipinski definition) is 4. The van der Waals surface area contributed by atoms with Crippen LogP contribution in [0.5, 0.6) is 0 Å². The van der Waals surface area contributed by atoms with E-state index in [2.05, 4.69) is 5.32 Å². The van der Waals surface area contributed by atoms with E-state index in [1.807, 2.05) is 58.0 Å². The van der Waals surface area contributed by atoms with Gasteiger partial charge in [-0.3, -0.25) is 13.9 Å². The molecule has 4 aromatic carbocycles. The van der Waals surface area contributed by atoms with Gasteiger partial charge in [0.25, 0.3) is 10.0 Å². The Balaban J connectivity index is 1.83. The van der Waals surface area contributed by atoms with Gasteiger partial charge in [0.2, 0.25) is 11.8 Å². The zero-order chi connectivity index (χ0) is 32.7. The summed E-state index contributed by atoms with van der Waals surface area (Å²) >= 11 is 13.0. The number of anilines is 1. The Morgan fingerprint density at radius 1 is 0.822 bits per heavy atom. The van der Waals surface area contributed by atoms with E-state index in [-0.39, 0.29) is 35.5 Å². The van der Waals surface area contributed by atoms with Crippen LogP contribution >= 0.6 is 23.2 Å². The number of nitrogens with zero attached hydrogens (tertiary/aromatic N) is 2. The summed E-state index contributed by atoms with van der Waals surface area (Å²) in [6.45, 7) is 6.75. The molecule has 0 saturated carbocycles. The van der Waals surface area contributed by atoms with Crippen molar-refractivity contribution in [1.29, 1.82) is 0 Å². The number of carbonyl (C=O) groups excluding carboxylic acids is 2. The number of benzene rings is 4. The zero-order valence-corrected chi connectivity index (χ0v) is 28.0. The van der Waals surface area contributed by atoms with Crippen molar-refractivity contribution in [2.75, 3.05) is 10.8 Å². The Hall–Kier alpha value is -3.85. The first kappa shape index (κ1) is 34.0. The quantitative estimate of drug-likeness (QED) is 0.177. The van der Waals surface area contributed by atoms with Gasteiger partial charge in [-0.1, -0.05) is 95.5 Å². The van der Waals surface area contributed by atoms with Crippen LogP contribution in [0.4, 0.5) is 5.69 Å². The van der Waals surface area contributed by atoms with E-state index < -0.39 is 28.5 Å². The minimum absolute atomic E-state index is 0.0193. The molecule has 0 aromatic heterocycles. The van der Waals surface area contributed by atoms with Gasteiger partial charge in [0.05, 0.1) is 10.6 Å². The van der Waals surface area contributed by atoms with Crippen molar-refractivity contribution < 1.29 is 18.0 Å². The maximum Gasteiger partial charge on any atom is 0.264 e. The first-order chi connectivity index (χ1) is 21.4. The van der Waals surface area contributed by atoms with Gasteiger partial charge >= 0.3 is 0 Å². The fourth-order valence-electron chi connectivity index (χ4n) is 4.85.